The van der Waals surface area contributed by atoms with Crippen molar-refractivity contribution in [1.82, 2.24) is 0 Å². The van der Waals surface area contributed by atoms with Gasteiger partial charge in [0.2, 0.25) is 5.91 Å². The first-order valence-corrected chi connectivity index (χ1v) is 12.4. The summed E-state index contributed by atoms with van der Waals surface area (Å²) in [5, 5.41) is 8.91. The van der Waals surface area contributed by atoms with Crippen LogP contribution in [0.15, 0.2) is 71.6 Å². The van der Waals surface area contributed by atoms with Gasteiger partial charge in [0.05, 0.1) is 16.5 Å². The third kappa shape index (κ3) is 5.24. The van der Waals surface area contributed by atoms with Crippen LogP contribution in [-0.4, -0.2) is 20.9 Å². The lowest BCUT2D eigenvalue weighted by Crippen LogP contribution is -2.35. The van der Waals surface area contributed by atoms with E-state index >= 15 is 0 Å². The van der Waals surface area contributed by atoms with Gasteiger partial charge in [0, 0.05) is 24.3 Å². The highest BCUT2D eigenvalue weighted by molar-refractivity contribution is 7.92. The lowest BCUT2D eigenvalue weighted by molar-refractivity contribution is -0.118. The van der Waals surface area contributed by atoms with Crippen LogP contribution in [0.1, 0.15) is 35.1 Å². The Kier molecular flexibility index (Phi) is 6.47. The van der Waals surface area contributed by atoms with Crippen molar-refractivity contribution < 1.29 is 13.2 Å². The molecule has 0 radical (unpaired) electrons. The summed E-state index contributed by atoms with van der Waals surface area (Å²) < 4.78 is 28.1. The van der Waals surface area contributed by atoms with Crippen molar-refractivity contribution >= 4 is 27.3 Å². The van der Waals surface area contributed by atoms with E-state index in [-0.39, 0.29) is 10.8 Å². The van der Waals surface area contributed by atoms with Gasteiger partial charge in [0.1, 0.15) is 0 Å². The average molecular weight is 460 g/mol. The molecule has 3 aromatic carbocycles. The Balaban J connectivity index is 1.46. The molecule has 3 aromatic rings. The fourth-order valence-corrected chi connectivity index (χ4v) is 5.03. The molecule has 0 saturated heterocycles. The van der Waals surface area contributed by atoms with Gasteiger partial charge < -0.3 is 4.90 Å². The lowest BCUT2D eigenvalue weighted by atomic mass is 10.00. The predicted molar refractivity (Wildman–Crippen MR) is 129 cm³/mol. The molecule has 1 heterocycles. The molecule has 0 aromatic heterocycles. The molecule has 0 unspecified atom stereocenters. The number of nitriles is 1. The number of fused-ring (bicyclic) bond motifs is 1. The number of benzene rings is 3. The molecule has 0 spiro atoms. The zero-order valence-electron chi connectivity index (χ0n) is 18.4. The first-order valence-electron chi connectivity index (χ1n) is 10.9. The van der Waals surface area contributed by atoms with Crippen LogP contribution in [0, 0.1) is 18.3 Å². The first-order chi connectivity index (χ1) is 15.9. The summed E-state index contributed by atoms with van der Waals surface area (Å²) in [6.07, 6.45) is 2.58. The highest BCUT2D eigenvalue weighted by atomic mass is 32.2. The SMILES string of the molecule is Cc1ccc(S(=O)(=O)Nc2ccc3c(c2)CCCN3C(=O)CCc2ccc(C#N)cc2)cc1. The van der Waals surface area contributed by atoms with Crippen LogP contribution in [-0.2, 0) is 27.7 Å². The Morgan fingerprint density at radius 3 is 2.48 bits per heavy atom. The Morgan fingerprint density at radius 1 is 1.06 bits per heavy atom. The number of hydrogen-bond donors (Lipinski definition) is 1. The van der Waals surface area contributed by atoms with E-state index in [9.17, 15) is 13.2 Å². The van der Waals surface area contributed by atoms with Crippen LogP contribution in [0.5, 0.6) is 0 Å². The standard InChI is InChI=1S/C26H25N3O3S/c1-19-4-12-24(13-5-19)33(31,32)28-23-11-14-25-22(17-23)3-2-16-29(25)26(30)15-10-20-6-8-21(18-27)9-7-20/h4-9,11-14,17,28H,2-3,10,15-16H2,1H3. The number of amides is 1. The Labute approximate surface area is 194 Å². The normalized spacial score (nSPS) is 13.2. The first kappa shape index (κ1) is 22.6. The van der Waals surface area contributed by atoms with Crippen LogP contribution in [0.2, 0.25) is 0 Å². The molecule has 1 aliphatic rings. The monoisotopic (exact) mass is 459 g/mol. The van der Waals surface area contributed by atoms with Crippen LogP contribution in [0.4, 0.5) is 11.4 Å². The van der Waals surface area contributed by atoms with Crippen LogP contribution >= 0.6 is 0 Å². The number of sulfonamides is 1. The zero-order valence-corrected chi connectivity index (χ0v) is 19.2. The van der Waals surface area contributed by atoms with E-state index in [1.807, 2.05) is 31.2 Å². The van der Waals surface area contributed by atoms with Gasteiger partial charge in [-0.1, -0.05) is 29.8 Å². The quantitative estimate of drug-likeness (QED) is 0.584. The number of carbonyl (C=O) groups excluding carboxylic acids is 1. The molecule has 0 bridgehead atoms. The van der Waals surface area contributed by atoms with Gasteiger partial charge in [-0.25, -0.2) is 8.42 Å². The summed E-state index contributed by atoms with van der Waals surface area (Å²) in [5.74, 6) is 0.0355. The molecular formula is C26H25N3O3S. The second-order valence-corrected chi connectivity index (χ2v) is 9.90. The molecule has 4 rings (SSSR count). The third-order valence-corrected chi connectivity index (χ3v) is 7.19. The predicted octanol–water partition coefficient (Wildman–Crippen LogP) is 4.58. The smallest absolute Gasteiger partial charge is 0.261 e. The fourth-order valence-electron chi connectivity index (χ4n) is 3.98. The average Bonchev–Trinajstić information content (AvgIpc) is 2.82. The van der Waals surface area contributed by atoms with Crippen molar-refractivity contribution in [2.24, 2.45) is 0 Å². The molecule has 1 N–H and O–H groups in total. The molecule has 0 aliphatic carbocycles. The minimum absolute atomic E-state index is 0.0355. The van der Waals surface area contributed by atoms with Gasteiger partial charge in [-0.05, 0) is 79.8 Å². The molecule has 0 atom stereocenters. The second-order valence-electron chi connectivity index (χ2n) is 8.22. The molecule has 6 nitrogen and oxygen atoms in total. The number of aryl methyl sites for hydroxylation is 3. The van der Waals surface area contributed by atoms with E-state index < -0.39 is 10.0 Å². The molecule has 0 saturated carbocycles. The summed E-state index contributed by atoms with van der Waals surface area (Å²) in [7, 11) is -3.68. The summed E-state index contributed by atoms with van der Waals surface area (Å²) in [6.45, 7) is 2.55. The Bertz CT molecular complexity index is 1310. The van der Waals surface area contributed by atoms with E-state index in [1.165, 1.54) is 0 Å². The maximum Gasteiger partial charge on any atom is 0.261 e. The van der Waals surface area contributed by atoms with Gasteiger partial charge in [-0.15, -0.1) is 0 Å². The van der Waals surface area contributed by atoms with Gasteiger partial charge >= 0.3 is 0 Å². The number of nitrogens with one attached hydrogen (secondary N) is 1. The fraction of sp³-hybridized carbons (Fsp3) is 0.231. The largest absolute Gasteiger partial charge is 0.312 e. The summed E-state index contributed by atoms with van der Waals surface area (Å²) in [4.78, 5) is 15.0. The van der Waals surface area contributed by atoms with E-state index in [4.69, 9.17) is 5.26 Å². The maximum atomic E-state index is 12.9. The number of hydrogen-bond acceptors (Lipinski definition) is 4. The van der Waals surface area contributed by atoms with Crippen molar-refractivity contribution in [2.75, 3.05) is 16.2 Å². The molecule has 33 heavy (non-hydrogen) atoms. The van der Waals surface area contributed by atoms with Crippen LogP contribution in [0.3, 0.4) is 0 Å². The van der Waals surface area contributed by atoms with Gasteiger partial charge in [0.15, 0.2) is 0 Å². The number of carbonyl (C=O) groups is 1. The molecule has 1 aliphatic heterocycles. The van der Waals surface area contributed by atoms with Crippen molar-refractivity contribution in [3.63, 3.8) is 0 Å². The van der Waals surface area contributed by atoms with Crippen LogP contribution in [0.25, 0.3) is 0 Å². The number of rotatable bonds is 6. The van der Waals surface area contributed by atoms with Crippen molar-refractivity contribution in [3.8, 4) is 6.07 Å². The highest BCUT2D eigenvalue weighted by Crippen LogP contribution is 2.31. The minimum Gasteiger partial charge on any atom is -0.312 e. The van der Waals surface area contributed by atoms with Gasteiger partial charge in [0.25, 0.3) is 10.0 Å². The lowest BCUT2D eigenvalue weighted by Gasteiger charge is -2.30. The number of anilines is 2. The van der Waals surface area contributed by atoms with E-state index in [1.54, 1.807) is 47.4 Å². The summed E-state index contributed by atoms with van der Waals surface area (Å²) in [5.41, 5.74) is 4.89. The van der Waals surface area contributed by atoms with E-state index in [2.05, 4.69) is 10.8 Å². The number of nitrogens with zero attached hydrogens (tertiary/aromatic N) is 2. The molecule has 7 heteroatoms. The minimum atomic E-state index is -3.68. The molecule has 0 fully saturated rings. The van der Waals surface area contributed by atoms with Crippen molar-refractivity contribution in [3.05, 3.63) is 89.0 Å². The van der Waals surface area contributed by atoms with Crippen LogP contribution < -0.4 is 9.62 Å². The molecule has 1 amide bonds. The molecular weight excluding hydrogens is 434 g/mol. The zero-order chi connectivity index (χ0) is 23.4. The molecule has 168 valence electrons. The summed E-state index contributed by atoms with van der Waals surface area (Å²) >= 11 is 0. The van der Waals surface area contributed by atoms with Crippen molar-refractivity contribution in [1.29, 1.82) is 5.26 Å². The Hall–Kier alpha value is -3.63. The van der Waals surface area contributed by atoms with E-state index in [0.29, 0.717) is 30.6 Å². The third-order valence-electron chi connectivity index (χ3n) is 5.79. The van der Waals surface area contributed by atoms with Crippen molar-refractivity contribution in [2.45, 2.75) is 37.5 Å². The van der Waals surface area contributed by atoms with Gasteiger partial charge in [-0.3, -0.25) is 9.52 Å². The second kappa shape index (κ2) is 9.47. The van der Waals surface area contributed by atoms with Gasteiger partial charge in [-0.2, -0.15) is 5.26 Å². The van der Waals surface area contributed by atoms with E-state index in [0.717, 1.165) is 35.2 Å². The topological polar surface area (TPSA) is 90.3 Å². The maximum absolute atomic E-state index is 12.9. The highest BCUT2D eigenvalue weighted by Gasteiger charge is 2.23. The summed E-state index contributed by atoms with van der Waals surface area (Å²) in [6, 6.07) is 21.4. The Morgan fingerprint density at radius 2 is 1.79 bits per heavy atom.